The van der Waals surface area contributed by atoms with Gasteiger partial charge in [0.1, 0.15) is 0 Å². The summed E-state index contributed by atoms with van der Waals surface area (Å²) in [5.41, 5.74) is 0. The molecule has 1 heteroatoms. The molecule has 0 aliphatic heterocycles. The standard InChI is InChI=1S/C17H31N/c1-4-14(5-2)11(3)18-17-15-7-12-6-13(9-15)10-16(17)8-12/h11-18H,4-10H2,1-3H3. The van der Waals surface area contributed by atoms with Gasteiger partial charge in [-0.05, 0) is 68.6 Å². The summed E-state index contributed by atoms with van der Waals surface area (Å²) in [6.45, 7) is 7.13. The Morgan fingerprint density at radius 1 is 0.889 bits per heavy atom. The van der Waals surface area contributed by atoms with Crippen molar-refractivity contribution >= 4 is 0 Å². The van der Waals surface area contributed by atoms with Crippen molar-refractivity contribution in [2.24, 2.45) is 29.6 Å². The van der Waals surface area contributed by atoms with Crippen LogP contribution in [0.25, 0.3) is 0 Å². The first-order chi connectivity index (χ1) is 8.71. The van der Waals surface area contributed by atoms with Crippen molar-refractivity contribution in [1.82, 2.24) is 5.32 Å². The maximum atomic E-state index is 4.06. The van der Waals surface area contributed by atoms with E-state index in [4.69, 9.17) is 0 Å². The van der Waals surface area contributed by atoms with Gasteiger partial charge in [0.2, 0.25) is 0 Å². The second kappa shape index (κ2) is 5.15. The minimum absolute atomic E-state index is 0.725. The maximum Gasteiger partial charge on any atom is 0.0127 e. The van der Waals surface area contributed by atoms with Crippen LogP contribution in [-0.4, -0.2) is 12.1 Å². The molecule has 0 amide bonds. The molecule has 4 aliphatic rings. The Balaban J connectivity index is 1.63. The van der Waals surface area contributed by atoms with Crippen LogP contribution in [0.1, 0.15) is 65.7 Å². The van der Waals surface area contributed by atoms with E-state index in [0.717, 1.165) is 41.7 Å². The lowest BCUT2D eigenvalue weighted by Crippen LogP contribution is -2.57. The molecule has 1 N–H and O–H groups in total. The van der Waals surface area contributed by atoms with Gasteiger partial charge in [0.05, 0.1) is 0 Å². The number of nitrogens with one attached hydrogen (secondary N) is 1. The smallest absolute Gasteiger partial charge is 0.0127 e. The zero-order valence-electron chi connectivity index (χ0n) is 12.5. The zero-order valence-corrected chi connectivity index (χ0v) is 12.5. The summed E-state index contributed by atoms with van der Waals surface area (Å²) < 4.78 is 0. The van der Waals surface area contributed by atoms with Crippen LogP contribution in [0.5, 0.6) is 0 Å². The van der Waals surface area contributed by atoms with Gasteiger partial charge in [-0.3, -0.25) is 0 Å². The van der Waals surface area contributed by atoms with E-state index >= 15 is 0 Å². The fraction of sp³-hybridized carbons (Fsp3) is 1.00. The van der Waals surface area contributed by atoms with Crippen molar-refractivity contribution in [1.29, 1.82) is 0 Å². The summed E-state index contributed by atoms with van der Waals surface area (Å²) in [5.74, 6) is 5.14. The Kier molecular flexibility index (Phi) is 3.71. The SMILES string of the molecule is CCC(CC)C(C)NC1C2CC3CC(C2)CC1C3. The molecule has 4 fully saturated rings. The van der Waals surface area contributed by atoms with Gasteiger partial charge in [-0.25, -0.2) is 0 Å². The fourth-order valence-electron chi connectivity index (χ4n) is 5.63. The van der Waals surface area contributed by atoms with E-state index in [1.54, 1.807) is 32.1 Å². The van der Waals surface area contributed by atoms with Crippen molar-refractivity contribution in [3.8, 4) is 0 Å². The summed E-state index contributed by atoms with van der Waals surface area (Å²) >= 11 is 0. The Bertz CT molecular complexity index is 253. The van der Waals surface area contributed by atoms with Gasteiger partial charge in [-0.2, -0.15) is 0 Å². The van der Waals surface area contributed by atoms with Crippen LogP contribution >= 0.6 is 0 Å². The third-order valence-corrected chi connectivity index (χ3v) is 6.44. The van der Waals surface area contributed by atoms with Crippen molar-refractivity contribution in [3.05, 3.63) is 0 Å². The lowest BCUT2D eigenvalue weighted by atomic mass is 9.54. The third-order valence-electron chi connectivity index (χ3n) is 6.44. The number of hydrogen-bond donors (Lipinski definition) is 1. The van der Waals surface area contributed by atoms with Crippen LogP contribution in [0.3, 0.4) is 0 Å². The Morgan fingerprint density at radius 3 is 1.83 bits per heavy atom. The Hall–Kier alpha value is -0.0400. The highest BCUT2D eigenvalue weighted by atomic mass is 15.0. The van der Waals surface area contributed by atoms with Crippen LogP contribution < -0.4 is 5.32 Å². The average Bonchev–Trinajstić information content (AvgIpc) is 2.34. The predicted octanol–water partition coefficient (Wildman–Crippen LogP) is 4.23. The Labute approximate surface area is 113 Å². The molecule has 4 rings (SSSR count). The van der Waals surface area contributed by atoms with Gasteiger partial charge in [0.25, 0.3) is 0 Å². The van der Waals surface area contributed by atoms with Crippen LogP contribution in [-0.2, 0) is 0 Å². The van der Waals surface area contributed by atoms with Crippen molar-refractivity contribution in [2.75, 3.05) is 0 Å². The van der Waals surface area contributed by atoms with Gasteiger partial charge < -0.3 is 5.32 Å². The molecule has 0 saturated heterocycles. The largest absolute Gasteiger partial charge is 0.311 e. The van der Waals surface area contributed by atoms with Gasteiger partial charge in [0, 0.05) is 12.1 Å². The second-order valence-electron chi connectivity index (χ2n) is 7.49. The van der Waals surface area contributed by atoms with Crippen molar-refractivity contribution in [2.45, 2.75) is 77.8 Å². The molecule has 1 nitrogen and oxygen atoms in total. The number of rotatable bonds is 5. The molecular weight excluding hydrogens is 218 g/mol. The fourth-order valence-corrected chi connectivity index (χ4v) is 5.63. The summed E-state index contributed by atoms with van der Waals surface area (Å²) in [4.78, 5) is 0. The monoisotopic (exact) mass is 249 g/mol. The van der Waals surface area contributed by atoms with E-state index in [0.29, 0.717) is 0 Å². The summed E-state index contributed by atoms with van der Waals surface area (Å²) in [6, 6.07) is 1.59. The minimum Gasteiger partial charge on any atom is -0.311 e. The zero-order chi connectivity index (χ0) is 12.7. The highest BCUT2D eigenvalue weighted by Crippen LogP contribution is 2.53. The molecule has 4 bridgehead atoms. The van der Waals surface area contributed by atoms with Crippen molar-refractivity contribution < 1.29 is 0 Å². The van der Waals surface area contributed by atoms with Gasteiger partial charge in [-0.15, -0.1) is 0 Å². The van der Waals surface area contributed by atoms with Crippen LogP contribution in [0.15, 0.2) is 0 Å². The molecule has 0 radical (unpaired) electrons. The quantitative estimate of drug-likeness (QED) is 0.769. The summed E-state index contributed by atoms with van der Waals surface area (Å²) in [6.07, 6.45) is 10.4. The topological polar surface area (TPSA) is 12.0 Å². The molecule has 4 saturated carbocycles. The van der Waals surface area contributed by atoms with E-state index in [1.165, 1.54) is 12.8 Å². The number of hydrogen-bond acceptors (Lipinski definition) is 1. The molecular formula is C17H31N. The molecule has 0 spiro atoms. The summed E-state index contributed by atoms with van der Waals surface area (Å²) in [7, 11) is 0. The van der Waals surface area contributed by atoms with Crippen LogP contribution in [0.4, 0.5) is 0 Å². The first-order valence-corrected chi connectivity index (χ1v) is 8.47. The van der Waals surface area contributed by atoms with Gasteiger partial charge in [0.15, 0.2) is 0 Å². The summed E-state index contributed by atoms with van der Waals surface area (Å²) in [5, 5.41) is 4.06. The van der Waals surface area contributed by atoms with E-state index in [1.807, 2.05) is 0 Å². The third kappa shape index (κ3) is 2.24. The average molecular weight is 249 g/mol. The maximum absolute atomic E-state index is 4.06. The molecule has 1 atom stereocenters. The molecule has 0 aromatic carbocycles. The van der Waals surface area contributed by atoms with Crippen molar-refractivity contribution in [3.63, 3.8) is 0 Å². The lowest BCUT2D eigenvalue weighted by Gasteiger charge is -2.55. The Morgan fingerprint density at radius 2 is 1.39 bits per heavy atom. The predicted molar refractivity (Wildman–Crippen MR) is 77.5 cm³/mol. The van der Waals surface area contributed by atoms with E-state index in [9.17, 15) is 0 Å². The molecule has 104 valence electrons. The molecule has 1 unspecified atom stereocenters. The van der Waals surface area contributed by atoms with E-state index < -0.39 is 0 Å². The molecule has 4 aliphatic carbocycles. The first-order valence-electron chi connectivity index (χ1n) is 8.47. The van der Waals surface area contributed by atoms with E-state index in [-0.39, 0.29) is 0 Å². The molecule has 0 aromatic heterocycles. The van der Waals surface area contributed by atoms with E-state index in [2.05, 4.69) is 26.1 Å². The van der Waals surface area contributed by atoms with Crippen LogP contribution in [0, 0.1) is 29.6 Å². The normalized spacial score (nSPS) is 43.7. The second-order valence-corrected chi connectivity index (χ2v) is 7.49. The minimum atomic E-state index is 0.725. The highest BCUT2D eigenvalue weighted by Gasteiger charge is 2.48. The van der Waals surface area contributed by atoms with Gasteiger partial charge in [-0.1, -0.05) is 26.7 Å². The molecule has 0 heterocycles. The van der Waals surface area contributed by atoms with Gasteiger partial charge >= 0.3 is 0 Å². The molecule has 0 aromatic rings. The lowest BCUT2D eigenvalue weighted by molar-refractivity contribution is -0.0196. The molecule has 18 heavy (non-hydrogen) atoms. The first kappa shape index (κ1) is 13.0. The van der Waals surface area contributed by atoms with Crippen LogP contribution in [0.2, 0.25) is 0 Å². The highest BCUT2D eigenvalue weighted by molar-refractivity contribution is 5.02.